The maximum Gasteiger partial charge on any atom is 0.312 e. The molecule has 0 amide bonds. The van der Waals surface area contributed by atoms with E-state index in [0.717, 1.165) is 4.88 Å². The molecule has 296 valence electrons. The first kappa shape index (κ1) is 44.1. The normalized spacial score (nSPS) is 41.1. The Labute approximate surface area is 313 Å². The Morgan fingerprint density at radius 2 is 1.77 bits per heavy atom. The summed E-state index contributed by atoms with van der Waals surface area (Å²) in [6.45, 7) is 17.2. The Kier molecular flexibility index (Phi) is 15.6. The van der Waals surface area contributed by atoms with E-state index in [4.69, 9.17) is 28.8 Å². The van der Waals surface area contributed by atoms with Crippen molar-refractivity contribution < 1.29 is 48.6 Å². The standard InChI is InChI=1S/C38H63N3O10S/c1-14-29-38(10,46)33(44)22(4)30(40-39-25(7)28-16-15-17-52-28)20(2)19-37(9,47-13)34(23(5)32(49-26(8)42)24(6)35(45)50-29)51-36-31(43)27(41(11)12)18-21(3)48-36/h15-17,20-24,27,29,31-34,36,43-44,46H,14,18-19H2,1-13H3/b39-25+,40-30+/t20-,21?,22+,23+,24-,27?,29-,31?,32+,33-,34-,36?,37-,38-/m1/s1. The summed E-state index contributed by atoms with van der Waals surface area (Å²) >= 11 is 1.53. The number of ether oxygens (including phenoxy) is 5. The minimum Gasteiger partial charge on any atom is -0.461 e. The number of nitrogens with zero attached hydrogens (tertiary/aromatic N) is 3. The molecule has 3 heterocycles. The van der Waals surface area contributed by atoms with Crippen LogP contribution in [0.25, 0.3) is 0 Å². The van der Waals surface area contributed by atoms with Gasteiger partial charge in [-0.15, -0.1) is 11.3 Å². The molecule has 0 aromatic carbocycles. The van der Waals surface area contributed by atoms with Gasteiger partial charge in [0, 0.05) is 37.6 Å². The van der Waals surface area contributed by atoms with E-state index in [1.54, 1.807) is 34.8 Å². The van der Waals surface area contributed by atoms with E-state index in [2.05, 4.69) is 5.10 Å². The highest BCUT2D eigenvalue weighted by atomic mass is 32.1. The molecule has 0 bridgehead atoms. The second kappa shape index (κ2) is 18.4. The summed E-state index contributed by atoms with van der Waals surface area (Å²) in [5.41, 5.74) is -1.92. The fourth-order valence-electron chi connectivity index (χ4n) is 7.84. The summed E-state index contributed by atoms with van der Waals surface area (Å²) in [4.78, 5) is 29.4. The number of aliphatic hydroxyl groups is 3. The van der Waals surface area contributed by atoms with E-state index >= 15 is 0 Å². The summed E-state index contributed by atoms with van der Waals surface area (Å²) in [6.07, 6.45) is -5.89. The van der Waals surface area contributed by atoms with Gasteiger partial charge in [0.25, 0.3) is 0 Å². The molecule has 0 spiro atoms. The molecule has 14 heteroatoms. The molecule has 52 heavy (non-hydrogen) atoms. The van der Waals surface area contributed by atoms with E-state index in [-0.39, 0.29) is 25.0 Å². The largest absolute Gasteiger partial charge is 0.461 e. The monoisotopic (exact) mass is 753 g/mol. The van der Waals surface area contributed by atoms with Crippen LogP contribution in [0.2, 0.25) is 0 Å². The number of rotatable bonds is 8. The maximum atomic E-state index is 13.9. The first-order valence-corrected chi connectivity index (χ1v) is 19.2. The van der Waals surface area contributed by atoms with Crippen molar-refractivity contribution >= 4 is 34.7 Å². The van der Waals surface area contributed by atoms with Crippen LogP contribution < -0.4 is 0 Å². The van der Waals surface area contributed by atoms with Crippen molar-refractivity contribution in [1.82, 2.24) is 4.90 Å². The van der Waals surface area contributed by atoms with Crippen molar-refractivity contribution in [1.29, 1.82) is 0 Å². The highest BCUT2D eigenvalue weighted by Gasteiger charge is 2.52. The number of hydrogen-bond acceptors (Lipinski definition) is 14. The molecular formula is C38H63N3O10S. The lowest BCUT2D eigenvalue weighted by Crippen LogP contribution is -2.60. The third-order valence-electron chi connectivity index (χ3n) is 11.0. The maximum absolute atomic E-state index is 13.9. The van der Waals surface area contributed by atoms with E-state index in [1.807, 2.05) is 64.2 Å². The fraction of sp³-hybridized carbons (Fsp3) is 0.789. The highest BCUT2D eigenvalue weighted by Crippen LogP contribution is 2.40. The highest BCUT2D eigenvalue weighted by molar-refractivity contribution is 7.12. The Balaban J connectivity index is 2.27. The summed E-state index contributed by atoms with van der Waals surface area (Å²) in [6, 6.07) is 3.60. The molecule has 13 nitrogen and oxygen atoms in total. The molecule has 1 aromatic heterocycles. The second-order valence-electron chi connectivity index (χ2n) is 15.5. The third kappa shape index (κ3) is 10.1. The number of hydrogen-bond donors (Lipinski definition) is 3. The number of carbonyl (C=O) groups excluding carboxylic acids is 2. The van der Waals surface area contributed by atoms with E-state index in [1.165, 1.54) is 25.2 Å². The lowest BCUT2D eigenvalue weighted by Gasteiger charge is -2.48. The molecule has 2 aliphatic rings. The van der Waals surface area contributed by atoms with E-state index < -0.39 is 83.6 Å². The molecule has 0 aliphatic carbocycles. The first-order chi connectivity index (χ1) is 24.2. The predicted molar refractivity (Wildman–Crippen MR) is 200 cm³/mol. The van der Waals surface area contributed by atoms with Crippen LogP contribution in [0.3, 0.4) is 0 Å². The van der Waals surface area contributed by atoms with E-state index in [0.29, 0.717) is 17.8 Å². The Bertz CT molecular complexity index is 1390. The molecule has 3 N–H and O–H groups in total. The number of likely N-dealkylation sites (N-methyl/N-ethyl adjacent to an activating group) is 1. The lowest BCUT2D eigenvalue weighted by atomic mass is 9.73. The average molecular weight is 754 g/mol. The smallest absolute Gasteiger partial charge is 0.312 e. The van der Waals surface area contributed by atoms with Crippen molar-refractivity contribution in [2.45, 2.75) is 149 Å². The van der Waals surface area contributed by atoms with Crippen LogP contribution in [-0.2, 0) is 33.3 Å². The van der Waals surface area contributed by atoms with Gasteiger partial charge in [-0.2, -0.15) is 10.2 Å². The van der Waals surface area contributed by atoms with Gasteiger partial charge in [0.05, 0.1) is 40.4 Å². The quantitative estimate of drug-likeness (QED) is 0.195. The molecule has 3 rings (SSSR count). The number of cyclic esters (lactones) is 1. The lowest BCUT2D eigenvalue weighted by molar-refractivity contribution is -0.301. The van der Waals surface area contributed by atoms with Gasteiger partial charge in [-0.05, 0) is 85.3 Å². The molecule has 2 saturated heterocycles. The molecule has 1 aromatic rings. The van der Waals surface area contributed by atoms with Gasteiger partial charge < -0.3 is 43.9 Å². The molecule has 2 fully saturated rings. The summed E-state index contributed by atoms with van der Waals surface area (Å²) in [5, 5.41) is 46.5. The van der Waals surface area contributed by atoms with Gasteiger partial charge in [0.2, 0.25) is 0 Å². The van der Waals surface area contributed by atoms with Gasteiger partial charge >= 0.3 is 11.9 Å². The zero-order valence-electron chi connectivity index (χ0n) is 33.2. The van der Waals surface area contributed by atoms with E-state index in [9.17, 15) is 24.9 Å². The number of aliphatic hydroxyl groups excluding tert-OH is 2. The van der Waals surface area contributed by atoms with Crippen LogP contribution in [-0.4, -0.2) is 125 Å². The second-order valence-corrected chi connectivity index (χ2v) is 16.4. The van der Waals surface area contributed by atoms with Gasteiger partial charge in [0.1, 0.15) is 23.9 Å². The number of esters is 2. The molecule has 0 radical (unpaired) electrons. The van der Waals surface area contributed by atoms with Crippen molar-refractivity contribution in [3.63, 3.8) is 0 Å². The minimum absolute atomic E-state index is 0.191. The summed E-state index contributed by atoms with van der Waals surface area (Å²) in [5.74, 6) is -4.27. The molecule has 4 unspecified atom stereocenters. The first-order valence-electron chi connectivity index (χ1n) is 18.3. The van der Waals surface area contributed by atoms with Crippen molar-refractivity contribution in [3.8, 4) is 0 Å². The molecular weight excluding hydrogens is 690 g/mol. The minimum atomic E-state index is -1.90. The van der Waals surface area contributed by atoms with Crippen LogP contribution >= 0.6 is 11.3 Å². The zero-order valence-corrected chi connectivity index (χ0v) is 34.0. The third-order valence-corrected chi connectivity index (χ3v) is 12.0. The van der Waals surface area contributed by atoms with Gasteiger partial charge in [-0.3, -0.25) is 9.59 Å². The Morgan fingerprint density at radius 3 is 2.31 bits per heavy atom. The average Bonchev–Trinajstić information content (AvgIpc) is 3.63. The van der Waals surface area contributed by atoms with Crippen LogP contribution in [0.1, 0.15) is 93.4 Å². The summed E-state index contributed by atoms with van der Waals surface area (Å²) < 4.78 is 31.2. The van der Waals surface area contributed by atoms with Gasteiger partial charge in [-0.1, -0.05) is 33.8 Å². The van der Waals surface area contributed by atoms with Crippen LogP contribution in [0.15, 0.2) is 27.7 Å². The summed E-state index contributed by atoms with van der Waals surface area (Å²) in [7, 11) is 5.32. The molecule has 14 atom stereocenters. The van der Waals surface area contributed by atoms with Gasteiger partial charge in [0.15, 0.2) is 6.29 Å². The SMILES string of the molecule is CC[C@H]1OC(=O)[C@H](C)[C@@H](OC(C)=O)[C@H](C)[C@@H](OC2OC(C)CC(N(C)C)C2O)[C@](C)(OC)C[C@@H](C)/C(=N\N=C(/C)c2cccs2)[C@H](C)[C@@H](O)[C@]1(C)O. The Morgan fingerprint density at radius 1 is 1.12 bits per heavy atom. The van der Waals surface area contributed by atoms with Crippen molar-refractivity contribution in [2.24, 2.45) is 33.9 Å². The Hall–Kier alpha value is -2.30. The van der Waals surface area contributed by atoms with Crippen molar-refractivity contribution in [2.75, 3.05) is 21.2 Å². The van der Waals surface area contributed by atoms with Crippen molar-refractivity contribution in [3.05, 3.63) is 22.4 Å². The zero-order chi connectivity index (χ0) is 39.3. The van der Waals surface area contributed by atoms with Gasteiger partial charge in [-0.25, -0.2) is 0 Å². The number of thiophene rings is 1. The van der Waals surface area contributed by atoms with Crippen LogP contribution in [0, 0.1) is 23.7 Å². The predicted octanol–water partition coefficient (Wildman–Crippen LogP) is 4.44. The number of carbonyl (C=O) groups is 2. The topological polar surface area (TPSA) is 169 Å². The van der Waals surface area contributed by atoms with Crippen LogP contribution in [0.4, 0.5) is 0 Å². The molecule has 0 saturated carbocycles. The fourth-order valence-corrected chi connectivity index (χ4v) is 8.51. The van der Waals surface area contributed by atoms with Crippen LogP contribution in [0.5, 0.6) is 0 Å². The number of methoxy groups -OCH3 is 1. The molecule has 2 aliphatic heterocycles.